The molecule has 0 aliphatic carbocycles. The topological polar surface area (TPSA) is 55.8 Å². The van der Waals surface area contributed by atoms with Crippen LogP contribution < -0.4 is 4.74 Å². The molecule has 1 atom stereocenters. The van der Waals surface area contributed by atoms with E-state index in [1.54, 1.807) is 24.3 Å². The number of ether oxygens (including phenoxy) is 2. The van der Waals surface area contributed by atoms with Gasteiger partial charge in [-0.3, -0.25) is 0 Å². The molecule has 26 heavy (non-hydrogen) atoms. The van der Waals surface area contributed by atoms with Crippen molar-refractivity contribution < 1.29 is 19.4 Å². The standard InChI is InChI=1S/C19H17Cl3O4/c1-11(2)19(24)26-10-15(23)9-25-18-16(7-14(21)8-17(18)22)12-3-5-13(20)6-4-12/h3-8,15,23H,1,9-10H2,2H3. The number of carbonyl (C=O) groups excluding carboxylic acids is 1. The third-order valence-electron chi connectivity index (χ3n) is 3.34. The molecular formula is C19H17Cl3O4. The first-order valence-electron chi connectivity index (χ1n) is 7.66. The lowest BCUT2D eigenvalue weighted by Crippen LogP contribution is -2.25. The molecule has 0 amide bonds. The fourth-order valence-electron chi connectivity index (χ4n) is 2.07. The van der Waals surface area contributed by atoms with Crippen LogP contribution in [0, 0.1) is 0 Å². The molecule has 0 fully saturated rings. The highest BCUT2D eigenvalue weighted by Crippen LogP contribution is 2.39. The normalized spacial score (nSPS) is 11.7. The molecule has 0 aliphatic heterocycles. The first-order valence-corrected chi connectivity index (χ1v) is 8.79. The molecule has 7 heteroatoms. The van der Waals surface area contributed by atoms with Crippen molar-refractivity contribution in [2.75, 3.05) is 13.2 Å². The number of aliphatic hydroxyl groups is 1. The van der Waals surface area contributed by atoms with E-state index in [9.17, 15) is 9.90 Å². The van der Waals surface area contributed by atoms with E-state index in [-0.39, 0.29) is 18.8 Å². The van der Waals surface area contributed by atoms with E-state index in [4.69, 9.17) is 44.3 Å². The van der Waals surface area contributed by atoms with Crippen LogP contribution in [-0.2, 0) is 9.53 Å². The Morgan fingerprint density at radius 1 is 1.12 bits per heavy atom. The minimum atomic E-state index is -1.02. The molecule has 0 spiro atoms. The first-order chi connectivity index (χ1) is 12.3. The zero-order valence-electron chi connectivity index (χ0n) is 14.0. The number of esters is 1. The molecular weight excluding hydrogens is 399 g/mol. The van der Waals surface area contributed by atoms with Crippen molar-refractivity contribution in [2.45, 2.75) is 13.0 Å². The number of halogens is 3. The summed E-state index contributed by atoms with van der Waals surface area (Å²) in [6.45, 7) is 4.66. The van der Waals surface area contributed by atoms with Crippen LogP contribution in [0.25, 0.3) is 11.1 Å². The molecule has 2 rings (SSSR count). The summed E-state index contributed by atoms with van der Waals surface area (Å²) in [6, 6.07) is 10.3. The van der Waals surface area contributed by atoms with E-state index >= 15 is 0 Å². The molecule has 0 saturated carbocycles. The summed E-state index contributed by atoms with van der Waals surface area (Å²) < 4.78 is 10.6. The van der Waals surface area contributed by atoms with Crippen molar-refractivity contribution in [3.8, 4) is 16.9 Å². The Morgan fingerprint density at radius 2 is 1.77 bits per heavy atom. The SMILES string of the molecule is C=C(C)C(=O)OCC(O)COc1c(Cl)cc(Cl)cc1-c1ccc(Cl)cc1. The quantitative estimate of drug-likeness (QED) is 0.500. The summed E-state index contributed by atoms with van der Waals surface area (Å²) in [7, 11) is 0. The second kappa shape index (κ2) is 9.28. The summed E-state index contributed by atoms with van der Waals surface area (Å²) in [5.74, 6) is -0.209. The lowest BCUT2D eigenvalue weighted by Gasteiger charge is -2.17. The van der Waals surface area contributed by atoms with E-state index in [1.807, 2.05) is 12.1 Å². The number of carbonyl (C=O) groups is 1. The predicted octanol–water partition coefficient (Wildman–Crippen LogP) is 5.17. The van der Waals surface area contributed by atoms with Crippen molar-refractivity contribution in [3.63, 3.8) is 0 Å². The Hall–Kier alpha value is -1.72. The number of hydrogen-bond donors (Lipinski definition) is 1. The Labute approximate surface area is 166 Å². The number of aliphatic hydroxyl groups excluding tert-OH is 1. The molecule has 0 bridgehead atoms. The zero-order valence-corrected chi connectivity index (χ0v) is 16.2. The van der Waals surface area contributed by atoms with E-state index in [2.05, 4.69) is 6.58 Å². The van der Waals surface area contributed by atoms with Crippen LogP contribution in [0.2, 0.25) is 15.1 Å². The molecule has 0 heterocycles. The Kier molecular flexibility index (Phi) is 7.35. The number of rotatable bonds is 7. The molecule has 0 saturated heterocycles. The van der Waals surface area contributed by atoms with Gasteiger partial charge >= 0.3 is 5.97 Å². The van der Waals surface area contributed by atoms with Gasteiger partial charge in [0.15, 0.2) is 0 Å². The average Bonchev–Trinajstić information content (AvgIpc) is 2.58. The predicted molar refractivity (Wildman–Crippen MR) is 104 cm³/mol. The van der Waals surface area contributed by atoms with Crippen LogP contribution in [0.1, 0.15) is 6.92 Å². The third-order valence-corrected chi connectivity index (χ3v) is 4.09. The molecule has 4 nitrogen and oxygen atoms in total. The highest BCUT2D eigenvalue weighted by atomic mass is 35.5. The second-order valence-electron chi connectivity index (χ2n) is 5.61. The fourth-order valence-corrected chi connectivity index (χ4v) is 2.75. The van der Waals surface area contributed by atoms with Gasteiger partial charge in [-0.25, -0.2) is 4.79 Å². The van der Waals surface area contributed by atoms with Gasteiger partial charge in [-0.1, -0.05) is 53.5 Å². The van der Waals surface area contributed by atoms with Crippen LogP contribution in [0.5, 0.6) is 5.75 Å². The Balaban J connectivity index is 2.14. The van der Waals surface area contributed by atoms with Gasteiger partial charge in [-0.05, 0) is 36.8 Å². The Morgan fingerprint density at radius 3 is 2.38 bits per heavy atom. The molecule has 0 aromatic heterocycles. The van der Waals surface area contributed by atoms with E-state index in [0.29, 0.717) is 26.4 Å². The lowest BCUT2D eigenvalue weighted by molar-refractivity contribution is -0.142. The fraction of sp³-hybridized carbons (Fsp3) is 0.211. The van der Waals surface area contributed by atoms with Gasteiger partial charge in [-0.2, -0.15) is 0 Å². The van der Waals surface area contributed by atoms with Crippen molar-refractivity contribution in [2.24, 2.45) is 0 Å². The molecule has 2 aromatic rings. The maximum atomic E-state index is 11.4. The van der Waals surface area contributed by atoms with Crippen molar-refractivity contribution in [1.82, 2.24) is 0 Å². The van der Waals surface area contributed by atoms with Gasteiger partial charge in [-0.15, -0.1) is 0 Å². The molecule has 138 valence electrons. The van der Waals surface area contributed by atoms with E-state index in [1.165, 1.54) is 6.92 Å². The molecule has 1 N–H and O–H groups in total. The zero-order chi connectivity index (χ0) is 19.3. The van der Waals surface area contributed by atoms with Crippen LogP contribution >= 0.6 is 34.8 Å². The van der Waals surface area contributed by atoms with Crippen LogP contribution in [0.3, 0.4) is 0 Å². The van der Waals surface area contributed by atoms with E-state index < -0.39 is 12.1 Å². The van der Waals surface area contributed by atoms with Gasteiger partial charge in [0, 0.05) is 21.2 Å². The van der Waals surface area contributed by atoms with Crippen LogP contribution in [0.15, 0.2) is 48.6 Å². The maximum absolute atomic E-state index is 11.4. The van der Waals surface area contributed by atoms with Gasteiger partial charge in [0.2, 0.25) is 0 Å². The molecule has 0 radical (unpaired) electrons. The molecule has 1 unspecified atom stereocenters. The van der Waals surface area contributed by atoms with Crippen LogP contribution in [-0.4, -0.2) is 30.4 Å². The van der Waals surface area contributed by atoms with E-state index in [0.717, 1.165) is 5.56 Å². The first kappa shape index (κ1) is 20.6. The minimum Gasteiger partial charge on any atom is -0.489 e. The average molecular weight is 416 g/mol. The summed E-state index contributed by atoms with van der Waals surface area (Å²) in [5, 5.41) is 11.3. The number of hydrogen-bond acceptors (Lipinski definition) is 4. The summed E-state index contributed by atoms with van der Waals surface area (Å²) in [6.07, 6.45) is -1.02. The number of benzene rings is 2. The summed E-state index contributed by atoms with van der Waals surface area (Å²) in [4.78, 5) is 11.4. The molecule has 0 aliphatic rings. The highest BCUT2D eigenvalue weighted by molar-refractivity contribution is 6.36. The second-order valence-corrected chi connectivity index (χ2v) is 6.89. The van der Waals surface area contributed by atoms with Gasteiger partial charge in [0.1, 0.15) is 25.1 Å². The Bertz CT molecular complexity index is 803. The monoisotopic (exact) mass is 414 g/mol. The van der Waals surface area contributed by atoms with Gasteiger partial charge in [0.25, 0.3) is 0 Å². The minimum absolute atomic E-state index is 0.120. The lowest BCUT2D eigenvalue weighted by atomic mass is 10.0. The van der Waals surface area contributed by atoms with Crippen molar-refractivity contribution in [1.29, 1.82) is 0 Å². The molecule has 2 aromatic carbocycles. The maximum Gasteiger partial charge on any atom is 0.333 e. The third kappa shape index (κ3) is 5.64. The van der Waals surface area contributed by atoms with Crippen molar-refractivity contribution in [3.05, 3.63) is 63.6 Å². The summed E-state index contributed by atoms with van der Waals surface area (Å²) >= 11 is 18.3. The highest BCUT2D eigenvalue weighted by Gasteiger charge is 2.16. The van der Waals surface area contributed by atoms with Crippen LogP contribution in [0.4, 0.5) is 0 Å². The smallest absolute Gasteiger partial charge is 0.333 e. The van der Waals surface area contributed by atoms with Gasteiger partial charge < -0.3 is 14.6 Å². The van der Waals surface area contributed by atoms with Gasteiger partial charge in [0.05, 0.1) is 5.02 Å². The largest absolute Gasteiger partial charge is 0.489 e. The summed E-state index contributed by atoms with van der Waals surface area (Å²) in [5.41, 5.74) is 1.71. The van der Waals surface area contributed by atoms with Crippen molar-refractivity contribution >= 4 is 40.8 Å².